The molecule has 0 aromatic heterocycles. The van der Waals surface area contributed by atoms with E-state index in [1.165, 1.54) is 6.07 Å². The normalized spacial score (nSPS) is 16.7. The maximum Gasteiger partial charge on any atom is 0.416 e. The molecular weight excluding hydrogens is 463 g/mol. The Morgan fingerprint density at radius 2 is 1.63 bits per heavy atom. The van der Waals surface area contributed by atoms with Gasteiger partial charge in [-0.2, -0.15) is 13.2 Å². The number of rotatable bonds is 6. The second-order valence-electron chi connectivity index (χ2n) is 8.54. The Labute approximate surface area is 201 Å². The Bertz CT molecular complexity index is 1030. The van der Waals surface area contributed by atoms with Crippen molar-refractivity contribution in [2.45, 2.75) is 25.4 Å². The largest absolute Gasteiger partial charge is 0.484 e. The van der Waals surface area contributed by atoms with E-state index < -0.39 is 17.6 Å². The number of ether oxygens (including phenoxy) is 2. The highest BCUT2D eigenvalue weighted by molar-refractivity contribution is 5.96. The van der Waals surface area contributed by atoms with Crippen LogP contribution in [0.5, 0.6) is 5.75 Å². The molecule has 2 aromatic carbocycles. The molecule has 2 aromatic rings. The fraction of sp³-hybridized carbons (Fsp3) is 0.440. The van der Waals surface area contributed by atoms with Crippen LogP contribution in [0.4, 0.5) is 24.5 Å². The first-order valence-electron chi connectivity index (χ1n) is 11.7. The molecule has 2 aliphatic heterocycles. The van der Waals surface area contributed by atoms with E-state index in [0.717, 1.165) is 44.5 Å². The lowest BCUT2D eigenvalue weighted by Crippen LogP contribution is -2.40. The molecule has 0 spiro atoms. The average Bonchev–Trinajstić information content (AvgIpc) is 2.88. The van der Waals surface area contributed by atoms with E-state index in [1.807, 2.05) is 4.90 Å². The van der Waals surface area contributed by atoms with E-state index in [-0.39, 0.29) is 18.2 Å². The summed E-state index contributed by atoms with van der Waals surface area (Å²) in [6.45, 7) is 3.15. The molecule has 0 saturated carbocycles. The molecule has 7 nitrogen and oxygen atoms in total. The fourth-order valence-corrected chi connectivity index (χ4v) is 4.20. The number of hydrogen-bond acceptors (Lipinski definition) is 5. The molecule has 188 valence electrons. The third-order valence-corrected chi connectivity index (χ3v) is 6.06. The summed E-state index contributed by atoms with van der Waals surface area (Å²) in [6, 6.07) is 9.83. The molecule has 2 saturated heterocycles. The first kappa shape index (κ1) is 24.8. The second kappa shape index (κ2) is 11.0. The van der Waals surface area contributed by atoms with Gasteiger partial charge in [-0.3, -0.25) is 9.59 Å². The number of carbonyl (C=O) groups excluding carboxylic acids is 2. The molecule has 1 N–H and O–H groups in total. The molecule has 35 heavy (non-hydrogen) atoms. The molecule has 0 bridgehead atoms. The van der Waals surface area contributed by atoms with Gasteiger partial charge in [0.05, 0.1) is 30.2 Å². The molecule has 0 unspecified atom stereocenters. The summed E-state index contributed by atoms with van der Waals surface area (Å²) in [5.41, 5.74) is 0.354. The summed E-state index contributed by atoms with van der Waals surface area (Å²) < 4.78 is 50.6. The van der Waals surface area contributed by atoms with Crippen LogP contribution < -0.4 is 15.0 Å². The number of piperidine rings is 1. The summed E-state index contributed by atoms with van der Waals surface area (Å²) in [6.07, 6.45) is -1.55. The van der Waals surface area contributed by atoms with Crippen molar-refractivity contribution >= 4 is 23.2 Å². The summed E-state index contributed by atoms with van der Waals surface area (Å²) >= 11 is 0. The number of nitrogens with one attached hydrogen (secondary N) is 1. The quantitative estimate of drug-likeness (QED) is 0.657. The van der Waals surface area contributed by atoms with Crippen molar-refractivity contribution in [3.63, 3.8) is 0 Å². The minimum atomic E-state index is -4.52. The number of benzene rings is 2. The number of carbonyl (C=O) groups is 2. The van der Waals surface area contributed by atoms with E-state index in [0.29, 0.717) is 43.3 Å². The monoisotopic (exact) mass is 491 g/mol. The fourth-order valence-electron chi connectivity index (χ4n) is 4.20. The summed E-state index contributed by atoms with van der Waals surface area (Å²) in [4.78, 5) is 28.8. The van der Waals surface area contributed by atoms with Crippen molar-refractivity contribution in [2.75, 3.05) is 56.2 Å². The highest BCUT2D eigenvalue weighted by atomic mass is 19.4. The van der Waals surface area contributed by atoms with E-state index in [4.69, 9.17) is 9.47 Å². The summed E-state index contributed by atoms with van der Waals surface area (Å²) in [5, 5.41) is 2.58. The van der Waals surface area contributed by atoms with Gasteiger partial charge in [0.15, 0.2) is 6.61 Å². The van der Waals surface area contributed by atoms with Crippen LogP contribution in [-0.4, -0.2) is 62.7 Å². The van der Waals surface area contributed by atoms with Crippen molar-refractivity contribution in [1.82, 2.24) is 4.90 Å². The van der Waals surface area contributed by atoms with Gasteiger partial charge in [0.25, 0.3) is 11.8 Å². The standard InChI is InChI=1S/C25H28F3N3O4/c26-25(27,28)19-6-9-22(30-10-2-1-3-11-30)21(16-19)29-23(32)17-35-20-7-4-18(5-8-20)24(33)31-12-14-34-15-13-31/h4-9,16H,1-3,10-15,17H2,(H,29,32). The van der Waals surface area contributed by atoms with Gasteiger partial charge in [-0.05, 0) is 61.7 Å². The van der Waals surface area contributed by atoms with Crippen LogP contribution in [0.25, 0.3) is 0 Å². The number of halogens is 3. The van der Waals surface area contributed by atoms with Gasteiger partial charge in [-0.1, -0.05) is 0 Å². The molecule has 4 rings (SSSR count). The zero-order valence-corrected chi connectivity index (χ0v) is 19.3. The van der Waals surface area contributed by atoms with Crippen LogP contribution in [0.3, 0.4) is 0 Å². The molecular formula is C25H28F3N3O4. The van der Waals surface area contributed by atoms with Gasteiger partial charge in [-0.25, -0.2) is 0 Å². The van der Waals surface area contributed by atoms with Gasteiger partial charge in [0.1, 0.15) is 5.75 Å². The van der Waals surface area contributed by atoms with Gasteiger partial charge >= 0.3 is 6.18 Å². The molecule has 0 aliphatic carbocycles. The van der Waals surface area contributed by atoms with Crippen molar-refractivity contribution in [2.24, 2.45) is 0 Å². The van der Waals surface area contributed by atoms with Crippen LogP contribution in [0.2, 0.25) is 0 Å². The first-order chi connectivity index (χ1) is 16.8. The van der Waals surface area contributed by atoms with Gasteiger partial charge in [0.2, 0.25) is 0 Å². The van der Waals surface area contributed by atoms with E-state index in [9.17, 15) is 22.8 Å². The van der Waals surface area contributed by atoms with Crippen molar-refractivity contribution in [1.29, 1.82) is 0 Å². The zero-order chi connectivity index (χ0) is 24.8. The molecule has 2 aliphatic rings. The number of anilines is 2. The third kappa shape index (κ3) is 6.45. The van der Waals surface area contributed by atoms with Crippen LogP contribution >= 0.6 is 0 Å². The van der Waals surface area contributed by atoms with Crippen LogP contribution in [0.15, 0.2) is 42.5 Å². The van der Waals surface area contributed by atoms with Gasteiger partial charge in [0, 0.05) is 31.7 Å². The third-order valence-electron chi connectivity index (χ3n) is 6.06. The molecule has 0 radical (unpaired) electrons. The lowest BCUT2D eigenvalue weighted by molar-refractivity contribution is -0.137. The maximum absolute atomic E-state index is 13.3. The smallest absolute Gasteiger partial charge is 0.416 e. The SMILES string of the molecule is O=C(COc1ccc(C(=O)N2CCOCC2)cc1)Nc1cc(C(F)(F)F)ccc1N1CCCCC1. The number of amides is 2. The van der Waals surface area contributed by atoms with Crippen molar-refractivity contribution < 1.29 is 32.2 Å². The van der Waals surface area contributed by atoms with Crippen molar-refractivity contribution in [3.05, 3.63) is 53.6 Å². The molecule has 10 heteroatoms. The van der Waals surface area contributed by atoms with Crippen LogP contribution in [0.1, 0.15) is 35.2 Å². The average molecular weight is 492 g/mol. The van der Waals surface area contributed by atoms with E-state index in [2.05, 4.69) is 5.32 Å². The number of alkyl halides is 3. The minimum absolute atomic E-state index is 0.104. The minimum Gasteiger partial charge on any atom is -0.484 e. The Hall–Kier alpha value is -3.27. The number of morpholine rings is 1. The van der Waals surface area contributed by atoms with Crippen LogP contribution in [-0.2, 0) is 15.7 Å². The molecule has 2 heterocycles. The van der Waals surface area contributed by atoms with E-state index >= 15 is 0 Å². The summed E-state index contributed by atoms with van der Waals surface area (Å²) in [7, 11) is 0. The molecule has 2 amide bonds. The number of nitrogens with zero attached hydrogens (tertiary/aromatic N) is 2. The Kier molecular flexibility index (Phi) is 7.80. The molecule has 0 atom stereocenters. The second-order valence-corrected chi connectivity index (χ2v) is 8.54. The summed E-state index contributed by atoms with van der Waals surface area (Å²) in [5.74, 6) is -0.303. The predicted molar refractivity (Wildman–Crippen MR) is 125 cm³/mol. The van der Waals surface area contributed by atoms with Crippen LogP contribution in [0, 0.1) is 0 Å². The maximum atomic E-state index is 13.3. The zero-order valence-electron chi connectivity index (χ0n) is 19.3. The topological polar surface area (TPSA) is 71.1 Å². The highest BCUT2D eigenvalue weighted by Gasteiger charge is 2.32. The number of hydrogen-bond donors (Lipinski definition) is 1. The Morgan fingerprint density at radius 1 is 0.943 bits per heavy atom. The lowest BCUT2D eigenvalue weighted by atomic mass is 10.1. The first-order valence-corrected chi connectivity index (χ1v) is 11.7. The molecule has 2 fully saturated rings. The van der Waals surface area contributed by atoms with E-state index in [1.54, 1.807) is 29.2 Å². The Balaban J connectivity index is 1.39. The Morgan fingerprint density at radius 3 is 2.29 bits per heavy atom. The predicted octanol–water partition coefficient (Wildman–Crippen LogP) is 4.19. The highest BCUT2D eigenvalue weighted by Crippen LogP contribution is 2.36. The lowest BCUT2D eigenvalue weighted by Gasteiger charge is -2.31. The van der Waals surface area contributed by atoms with Crippen molar-refractivity contribution in [3.8, 4) is 5.75 Å². The van der Waals surface area contributed by atoms with Gasteiger partial charge in [-0.15, -0.1) is 0 Å². The van der Waals surface area contributed by atoms with Gasteiger partial charge < -0.3 is 24.6 Å².